The molecule has 0 spiro atoms. The Morgan fingerprint density at radius 2 is 1.90 bits per heavy atom. The number of hydrogen-bond donors (Lipinski definition) is 2. The smallest absolute Gasteiger partial charge is 0.241 e. The second kappa shape index (κ2) is 8.19. The lowest BCUT2D eigenvalue weighted by Gasteiger charge is -2.19. The fourth-order valence-electron chi connectivity index (χ4n) is 3.76. The lowest BCUT2D eigenvalue weighted by Crippen LogP contribution is -2.30. The third-order valence-electron chi connectivity index (χ3n) is 5.50. The van der Waals surface area contributed by atoms with Crippen LogP contribution in [0.4, 0.5) is 17.6 Å². The zero-order chi connectivity index (χ0) is 21.2. The summed E-state index contributed by atoms with van der Waals surface area (Å²) in [7, 11) is 2.15. The van der Waals surface area contributed by atoms with Crippen molar-refractivity contribution in [3.8, 4) is 11.6 Å². The summed E-state index contributed by atoms with van der Waals surface area (Å²) < 4.78 is 7.51. The molecule has 3 N–H and O–H groups in total. The van der Waals surface area contributed by atoms with E-state index in [2.05, 4.69) is 37.3 Å². The normalized spacial score (nSPS) is 16.6. The first-order chi connectivity index (χ1) is 15.2. The molecule has 9 heteroatoms. The maximum atomic E-state index is 5.96. The van der Waals surface area contributed by atoms with Crippen molar-refractivity contribution < 1.29 is 4.74 Å². The molecule has 0 amide bonds. The molecule has 1 saturated heterocycles. The van der Waals surface area contributed by atoms with Gasteiger partial charge in [-0.25, -0.2) is 4.98 Å². The number of nitrogen functional groups attached to an aromatic ring is 1. The van der Waals surface area contributed by atoms with Crippen LogP contribution in [-0.2, 0) is 0 Å². The molecule has 1 atom stereocenters. The molecule has 0 aliphatic carbocycles. The molecule has 0 saturated carbocycles. The lowest BCUT2D eigenvalue weighted by atomic mass is 10.2. The summed E-state index contributed by atoms with van der Waals surface area (Å²) in [5.41, 5.74) is 8.29. The van der Waals surface area contributed by atoms with E-state index in [9.17, 15) is 0 Å². The molecule has 9 nitrogen and oxygen atoms in total. The van der Waals surface area contributed by atoms with Gasteiger partial charge in [0.05, 0.1) is 17.2 Å². The number of para-hydroxylation sites is 2. The summed E-state index contributed by atoms with van der Waals surface area (Å²) in [6, 6.07) is 15.9. The highest BCUT2D eigenvalue weighted by molar-refractivity contribution is 5.74. The fraction of sp³-hybridized carbons (Fsp3) is 0.273. The summed E-state index contributed by atoms with van der Waals surface area (Å²) in [5.74, 6) is 1.99. The van der Waals surface area contributed by atoms with E-state index in [1.807, 2.05) is 48.5 Å². The summed E-state index contributed by atoms with van der Waals surface area (Å²) in [5, 5.41) is 7.52. The van der Waals surface area contributed by atoms with E-state index in [1.165, 1.54) is 12.8 Å². The second-order valence-corrected chi connectivity index (χ2v) is 7.66. The Kier molecular flexibility index (Phi) is 5.09. The number of ether oxygens (including phenoxy) is 1. The Morgan fingerprint density at radius 3 is 2.68 bits per heavy atom. The number of nitrogens with two attached hydrogens (primary N) is 1. The molecule has 1 unspecified atom stereocenters. The first-order valence-electron chi connectivity index (χ1n) is 10.3. The molecular weight excluding hydrogens is 392 g/mol. The van der Waals surface area contributed by atoms with E-state index in [0.717, 1.165) is 29.0 Å². The zero-order valence-corrected chi connectivity index (χ0v) is 17.3. The number of likely N-dealkylation sites (tertiary alicyclic amines) is 1. The summed E-state index contributed by atoms with van der Waals surface area (Å²) in [4.78, 5) is 15.7. The van der Waals surface area contributed by atoms with Crippen LogP contribution in [0, 0.1) is 0 Å². The van der Waals surface area contributed by atoms with Crippen molar-refractivity contribution in [2.75, 3.05) is 31.2 Å². The monoisotopic (exact) mass is 416 g/mol. The molecule has 2 aromatic carbocycles. The second-order valence-electron chi connectivity index (χ2n) is 7.66. The van der Waals surface area contributed by atoms with Gasteiger partial charge in [0, 0.05) is 11.7 Å². The van der Waals surface area contributed by atoms with Gasteiger partial charge in [0.2, 0.25) is 11.9 Å². The van der Waals surface area contributed by atoms with Crippen molar-refractivity contribution in [2.45, 2.75) is 18.9 Å². The van der Waals surface area contributed by atoms with Crippen molar-refractivity contribution in [1.82, 2.24) is 29.6 Å². The molecule has 4 aromatic rings. The molecule has 3 heterocycles. The van der Waals surface area contributed by atoms with E-state index in [1.54, 1.807) is 10.9 Å². The Labute approximate surface area is 179 Å². The van der Waals surface area contributed by atoms with Crippen LogP contribution in [0.1, 0.15) is 12.8 Å². The zero-order valence-electron chi connectivity index (χ0n) is 17.3. The minimum absolute atomic E-state index is 0.151. The van der Waals surface area contributed by atoms with E-state index in [0.29, 0.717) is 24.4 Å². The van der Waals surface area contributed by atoms with Gasteiger partial charge in [-0.15, -0.1) is 5.10 Å². The number of rotatable bonds is 6. The largest absolute Gasteiger partial charge is 0.492 e. The molecule has 1 fully saturated rings. The average Bonchev–Trinajstić information content (AvgIpc) is 3.37. The minimum Gasteiger partial charge on any atom is -0.492 e. The summed E-state index contributed by atoms with van der Waals surface area (Å²) in [6.07, 6.45) is 4.07. The van der Waals surface area contributed by atoms with Crippen molar-refractivity contribution in [3.63, 3.8) is 0 Å². The average molecular weight is 416 g/mol. The first kappa shape index (κ1) is 19.3. The third-order valence-corrected chi connectivity index (χ3v) is 5.50. The quantitative estimate of drug-likeness (QED) is 0.494. The van der Waals surface area contributed by atoms with Crippen LogP contribution in [-0.4, -0.2) is 55.9 Å². The van der Waals surface area contributed by atoms with Crippen molar-refractivity contribution >= 4 is 28.6 Å². The molecule has 1 aliphatic rings. The van der Waals surface area contributed by atoms with Crippen molar-refractivity contribution in [3.05, 3.63) is 54.7 Å². The topological polar surface area (TPSA) is 107 Å². The lowest BCUT2D eigenvalue weighted by molar-refractivity contribution is 0.198. The molecule has 5 rings (SSSR count). The first-order valence-corrected chi connectivity index (χ1v) is 10.3. The Balaban J connectivity index is 1.32. The highest BCUT2D eigenvalue weighted by Gasteiger charge is 2.21. The van der Waals surface area contributed by atoms with Gasteiger partial charge in [-0.3, -0.25) is 4.98 Å². The van der Waals surface area contributed by atoms with E-state index >= 15 is 0 Å². The van der Waals surface area contributed by atoms with E-state index in [4.69, 9.17) is 10.5 Å². The molecule has 158 valence electrons. The fourth-order valence-corrected chi connectivity index (χ4v) is 3.76. The Morgan fingerprint density at radius 1 is 1.10 bits per heavy atom. The number of nitrogens with one attached hydrogen (secondary N) is 1. The standard InChI is InChI=1S/C22H24N8O/c1-29-12-4-5-16(29)14-31-17-10-8-15(9-11-17)25-22-27-21(23)28-30(22)20-13-24-18-6-2-3-7-19(18)26-20/h2-3,6-11,13,16H,4-5,12,14H2,1H3,(H3,23,25,27,28). The predicted octanol–water partition coefficient (Wildman–Crippen LogP) is 3.01. The van der Waals surface area contributed by atoms with Gasteiger partial charge in [0.15, 0.2) is 5.82 Å². The number of nitrogens with zero attached hydrogens (tertiary/aromatic N) is 6. The van der Waals surface area contributed by atoms with Gasteiger partial charge in [0.25, 0.3) is 0 Å². The molecule has 0 bridgehead atoms. The van der Waals surface area contributed by atoms with Crippen LogP contribution in [0.25, 0.3) is 16.9 Å². The summed E-state index contributed by atoms with van der Waals surface area (Å²) in [6.45, 7) is 1.84. The summed E-state index contributed by atoms with van der Waals surface area (Å²) >= 11 is 0. The molecule has 1 aliphatic heterocycles. The maximum Gasteiger partial charge on any atom is 0.241 e. The van der Waals surface area contributed by atoms with Gasteiger partial charge in [-0.2, -0.15) is 9.67 Å². The van der Waals surface area contributed by atoms with Crippen LogP contribution in [0.15, 0.2) is 54.7 Å². The van der Waals surface area contributed by atoms with E-state index < -0.39 is 0 Å². The van der Waals surface area contributed by atoms with Crippen LogP contribution in [0.2, 0.25) is 0 Å². The third kappa shape index (κ3) is 4.13. The highest BCUT2D eigenvalue weighted by Crippen LogP contribution is 2.23. The van der Waals surface area contributed by atoms with Gasteiger partial charge < -0.3 is 20.7 Å². The highest BCUT2D eigenvalue weighted by atomic mass is 16.5. The van der Waals surface area contributed by atoms with E-state index in [-0.39, 0.29) is 5.95 Å². The SMILES string of the molecule is CN1CCCC1COc1ccc(Nc2nc(N)nn2-c2cnc3ccccc3n2)cc1. The molecule has 31 heavy (non-hydrogen) atoms. The predicted molar refractivity (Wildman–Crippen MR) is 120 cm³/mol. The van der Waals surface area contributed by atoms with Crippen LogP contribution >= 0.6 is 0 Å². The number of hydrogen-bond acceptors (Lipinski definition) is 8. The van der Waals surface area contributed by atoms with Gasteiger partial charge in [-0.1, -0.05) is 12.1 Å². The van der Waals surface area contributed by atoms with Crippen LogP contribution in [0.5, 0.6) is 5.75 Å². The van der Waals surface area contributed by atoms with Gasteiger partial charge in [0.1, 0.15) is 12.4 Å². The van der Waals surface area contributed by atoms with Crippen molar-refractivity contribution in [2.24, 2.45) is 0 Å². The maximum absolute atomic E-state index is 5.96. The number of anilines is 3. The van der Waals surface area contributed by atoms with Crippen LogP contribution in [0.3, 0.4) is 0 Å². The molecular formula is C22H24N8O. The number of benzene rings is 2. The number of aromatic nitrogens is 5. The Hall–Kier alpha value is -3.72. The molecule has 0 radical (unpaired) electrons. The van der Waals surface area contributed by atoms with Gasteiger partial charge in [-0.05, 0) is 62.8 Å². The minimum atomic E-state index is 0.151. The number of fused-ring (bicyclic) bond motifs is 1. The van der Waals surface area contributed by atoms with Crippen molar-refractivity contribution in [1.29, 1.82) is 0 Å². The molecule has 2 aromatic heterocycles. The Bertz CT molecular complexity index is 1190. The van der Waals surface area contributed by atoms with Gasteiger partial charge >= 0.3 is 0 Å². The number of likely N-dealkylation sites (N-methyl/N-ethyl adjacent to an activating group) is 1. The van der Waals surface area contributed by atoms with Crippen LogP contribution < -0.4 is 15.8 Å².